The van der Waals surface area contributed by atoms with Crippen molar-refractivity contribution >= 4 is 34.2 Å². The summed E-state index contributed by atoms with van der Waals surface area (Å²) < 4.78 is 34.4. The Hall–Kier alpha value is -2.75. The molecule has 0 fully saturated rings. The largest absolute Gasteiger partial charge is 0.487 e. The molecule has 0 spiro atoms. The number of benzene rings is 2. The molecule has 188 valence electrons. The minimum atomic E-state index is -0.949. The van der Waals surface area contributed by atoms with E-state index in [1.807, 2.05) is 24.3 Å². The zero-order valence-corrected chi connectivity index (χ0v) is 21.9. The molecule has 3 aromatic rings. The summed E-state index contributed by atoms with van der Waals surface area (Å²) in [6.45, 7) is 5.59. The number of hydrogen-bond acceptors (Lipinski definition) is 4. The van der Waals surface area contributed by atoms with Crippen LogP contribution < -0.4 is 21.3 Å². The normalized spacial score (nSPS) is 11.1. The Morgan fingerprint density at radius 2 is 1.74 bits per heavy atom. The second-order valence-corrected chi connectivity index (χ2v) is 9.39. The molecule has 0 bridgehead atoms. The molecule has 0 atom stereocenters. The zero-order valence-electron chi connectivity index (χ0n) is 19.5. The van der Waals surface area contributed by atoms with Crippen LogP contribution >= 0.6 is 28.3 Å². The first-order chi connectivity index (χ1) is 16.0. The van der Waals surface area contributed by atoms with Crippen LogP contribution in [0.3, 0.4) is 0 Å². The SMILES string of the molecule is Cc1cc(OCc2ccc(F)cc2F)c(Br)c(=O)n1Cc1ccc(CNC(=O)C(C)(C)N)cc1.Cl. The molecule has 0 aliphatic heterocycles. The Balaban J connectivity index is 0.00000432. The van der Waals surface area contributed by atoms with E-state index in [2.05, 4.69) is 21.2 Å². The van der Waals surface area contributed by atoms with Gasteiger partial charge >= 0.3 is 0 Å². The minimum absolute atomic E-state index is 0. The molecule has 0 radical (unpaired) electrons. The van der Waals surface area contributed by atoms with Crippen molar-refractivity contribution in [3.63, 3.8) is 0 Å². The molecule has 3 N–H and O–H groups in total. The molecule has 1 heterocycles. The smallest absolute Gasteiger partial charge is 0.269 e. The lowest BCUT2D eigenvalue weighted by Crippen LogP contribution is -2.48. The first-order valence-electron chi connectivity index (χ1n) is 10.6. The van der Waals surface area contributed by atoms with Crippen molar-refractivity contribution in [1.29, 1.82) is 0 Å². The van der Waals surface area contributed by atoms with Gasteiger partial charge in [0.15, 0.2) is 0 Å². The van der Waals surface area contributed by atoms with E-state index in [0.29, 0.717) is 18.8 Å². The Labute approximate surface area is 217 Å². The summed E-state index contributed by atoms with van der Waals surface area (Å²) >= 11 is 3.28. The number of amides is 1. The van der Waals surface area contributed by atoms with Crippen molar-refractivity contribution in [3.05, 3.63) is 97.4 Å². The summed E-state index contributed by atoms with van der Waals surface area (Å²) in [6, 6.07) is 12.5. The summed E-state index contributed by atoms with van der Waals surface area (Å²) in [5.41, 5.74) is 7.17. The Morgan fingerprint density at radius 1 is 1.11 bits per heavy atom. The second kappa shape index (κ2) is 11.8. The fraction of sp³-hybridized carbons (Fsp3) is 0.280. The highest BCUT2D eigenvalue weighted by molar-refractivity contribution is 9.10. The first-order valence-corrected chi connectivity index (χ1v) is 11.4. The average molecular weight is 571 g/mol. The minimum Gasteiger partial charge on any atom is -0.487 e. The number of carbonyl (C=O) groups excluding carboxylic acids is 1. The number of aromatic nitrogens is 1. The molecular formula is C25H27BrClF2N3O3. The molecule has 3 rings (SSSR count). The molecule has 2 aromatic carbocycles. The van der Waals surface area contributed by atoms with Crippen molar-refractivity contribution in [2.45, 2.75) is 46.0 Å². The van der Waals surface area contributed by atoms with E-state index in [4.69, 9.17) is 10.5 Å². The van der Waals surface area contributed by atoms with E-state index < -0.39 is 17.2 Å². The van der Waals surface area contributed by atoms with Gasteiger partial charge in [0.25, 0.3) is 5.56 Å². The summed E-state index contributed by atoms with van der Waals surface area (Å²) in [7, 11) is 0. The van der Waals surface area contributed by atoms with E-state index in [1.54, 1.807) is 31.4 Å². The van der Waals surface area contributed by atoms with Crippen LogP contribution in [0.25, 0.3) is 0 Å². The fourth-order valence-electron chi connectivity index (χ4n) is 3.17. The number of nitrogens with one attached hydrogen (secondary N) is 1. The third-order valence-electron chi connectivity index (χ3n) is 5.22. The summed E-state index contributed by atoms with van der Waals surface area (Å²) in [6.07, 6.45) is 0. The third kappa shape index (κ3) is 7.37. The molecule has 0 unspecified atom stereocenters. The van der Waals surface area contributed by atoms with E-state index in [-0.39, 0.29) is 46.3 Å². The van der Waals surface area contributed by atoms with Crippen molar-refractivity contribution in [1.82, 2.24) is 9.88 Å². The number of rotatable bonds is 8. The number of pyridine rings is 1. The van der Waals surface area contributed by atoms with Gasteiger partial charge in [-0.15, -0.1) is 12.4 Å². The van der Waals surface area contributed by atoms with Gasteiger partial charge < -0.3 is 20.4 Å². The number of nitrogens with zero attached hydrogens (tertiary/aromatic N) is 1. The number of hydrogen-bond donors (Lipinski definition) is 2. The molecule has 0 saturated carbocycles. The lowest BCUT2D eigenvalue weighted by Gasteiger charge is -2.18. The van der Waals surface area contributed by atoms with Gasteiger partial charge in [-0.25, -0.2) is 8.78 Å². The van der Waals surface area contributed by atoms with Crippen LogP contribution in [-0.2, 0) is 24.5 Å². The maximum Gasteiger partial charge on any atom is 0.269 e. The van der Waals surface area contributed by atoms with Gasteiger partial charge in [0, 0.05) is 29.9 Å². The lowest BCUT2D eigenvalue weighted by molar-refractivity contribution is -0.125. The number of carbonyl (C=O) groups is 1. The quantitative estimate of drug-likeness (QED) is 0.415. The Bertz CT molecular complexity index is 1260. The number of aryl methyl sites for hydroxylation is 1. The van der Waals surface area contributed by atoms with Crippen LogP contribution in [0.4, 0.5) is 8.78 Å². The topological polar surface area (TPSA) is 86.3 Å². The third-order valence-corrected chi connectivity index (χ3v) is 5.95. The van der Waals surface area contributed by atoms with Gasteiger partial charge in [-0.3, -0.25) is 9.59 Å². The van der Waals surface area contributed by atoms with Crippen LogP contribution in [0.2, 0.25) is 0 Å². The van der Waals surface area contributed by atoms with Crippen LogP contribution in [0.5, 0.6) is 5.75 Å². The summed E-state index contributed by atoms with van der Waals surface area (Å²) in [5, 5.41) is 2.79. The van der Waals surface area contributed by atoms with Gasteiger partial charge in [0.2, 0.25) is 5.91 Å². The summed E-state index contributed by atoms with van der Waals surface area (Å²) in [4.78, 5) is 24.8. The fourth-order valence-corrected chi connectivity index (χ4v) is 3.61. The zero-order chi connectivity index (χ0) is 25.0. The molecule has 0 saturated heterocycles. The van der Waals surface area contributed by atoms with E-state index >= 15 is 0 Å². The van der Waals surface area contributed by atoms with Gasteiger partial charge in [-0.1, -0.05) is 24.3 Å². The maximum atomic E-state index is 13.9. The number of halogens is 4. The van der Waals surface area contributed by atoms with Crippen molar-refractivity contribution in [2.75, 3.05) is 0 Å². The first kappa shape index (κ1) is 28.5. The predicted molar refractivity (Wildman–Crippen MR) is 137 cm³/mol. The maximum absolute atomic E-state index is 13.9. The monoisotopic (exact) mass is 569 g/mol. The molecular weight excluding hydrogens is 544 g/mol. The van der Waals surface area contributed by atoms with Crippen molar-refractivity contribution < 1.29 is 18.3 Å². The van der Waals surface area contributed by atoms with E-state index in [9.17, 15) is 18.4 Å². The van der Waals surface area contributed by atoms with Crippen LogP contribution in [0, 0.1) is 18.6 Å². The average Bonchev–Trinajstić information content (AvgIpc) is 2.77. The van der Waals surface area contributed by atoms with Gasteiger partial charge in [-0.05, 0) is 60.0 Å². The van der Waals surface area contributed by atoms with Crippen LogP contribution in [0.15, 0.2) is 57.8 Å². The second-order valence-electron chi connectivity index (χ2n) is 8.60. The summed E-state index contributed by atoms with van der Waals surface area (Å²) in [5.74, 6) is -1.35. The molecule has 35 heavy (non-hydrogen) atoms. The number of nitrogens with two attached hydrogens (primary N) is 1. The standard InChI is InChI=1S/C25H26BrF2N3O3.ClH/c1-15-10-21(34-14-18-8-9-19(27)11-20(18)28)22(26)23(32)31(15)13-17-6-4-16(5-7-17)12-30-24(33)25(2,3)29;/h4-11H,12-14,29H2,1-3H3,(H,30,33);1H. The van der Waals surface area contributed by atoms with Crippen LogP contribution in [-0.4, -0.2) is 16.0 Å². The highest BCUT2D eigenvalue weighted by Gasteiger charge is 2.21. The molecule has 1 amide bonds. The molecule has 1 aromatic heterocycles. The van der Waals surface area contributed by atoms with E-state index in [1.165, 1.54) is 6.07 Å². The predicted octanol–water partition coefficient (Wildman–Crippen LogP) is 4.60. The highest BCUT2D eigenvalue weighted by Crippen LogP contribution is 2.24. The molecule has 0 aliphatic carbocycles. The number of ether oxygens (including phenoxy) is 1. The van der Waals surface area contributed by atoms with Crippen molar-refractivity contribution in [3.8, 4) is 5.75 Å². The van der Waals surface area contributed by atoms with Gasteiger partial charge in [-0.2, -0.15) is 0 Å². The molecule has 6 nitrogen and oxygen atoms in total. The van der Waals surface area contributed by atoms with Crippen LogP contribution in [0.1, 0.15) is 36.2 Å². The Kier molecular flexibility index (Phi) is 9.60. The van der Waals surface area contributed by atoms with Gasteiger partial charge in [0.1, 0.15) is 28.5 Å². The van der Waals surface area contributed by atoms with Gasteiger partial charge in [0.05, 0.1) is 12.1 Å². The lowest BCUT2D eigenvalue weighted by atomic mass is 10.1. The highest BCUT2D eigenvalue weighted by atomic mass is 79.9. The van der Waals surface area contributed by atoms with Crippen molar-refractivity contribution in [2.24, 2.45) is 5.73 Å². The molecule has 0 aliphatic rings. The van der Waals surface area contributed by atoms with E-state index in [0.717, 1.165) is 23.3 Å². The molecule has 10 heteroatoms. The Morgan fingerprint density at radius 3 is 2.34 bits per heavy atom.